The van der Waals surface area contributed by atoms with Gasteiger partial charge in [-0.15, -0.1) is 0 Å². The molecule has 0 aliphatic heterocycles. The van der Waals surface area contributed by atoms with Gasteiger partial charge in [0.25, 0.3) is 0 Å². The van der Waals surface area contributed by atoms with Crippen LogP contribution in [0.25, 0.3) is 0 Å². The molecule has 1 rings (SSSR count). The molecule has 0 spiro atoms. The summed E-state index contributed by atoms with van der Waals surface area (Å²) in [5.74, 6) is -0.907. The lowest BCUT2D eigenvalue weighted by molar-refractivity contribution is -0.136. The van der Waals surface area contributed by atoms with E-state index in [4.69, 9.17) is 10.8 Å². The van der Waals surface area contributed by atoms with E-state index < -0.39 is 5.97 Å². The van der Waals surface area contributed by atoms with Crippen LogP contribution in [0.3, 0.4) is 0 Å². The van der Waals surface area contributed by atoms with Crippen molar-refractivity contribution in [2.75, 3.05) is 24.5 Å². The normalized spacial score (nSPS) is 10.2. The number of rotatable bonds is 8. The van der Waals surface area contributed by atoms with E-state index in [-0.39, 0.29) is 18.7 Å². The minimum Gasteiger partial charge on any atom is -0.481 e. The van der Waals surface area contributed by atoms with Gasteiger partial charge in [0.1, 0.15) is 0 Å². The summed E-state index contributed by atoms with van der Waals surface area (Å²) in [4.78, 5) is 24.1. The lowest BCUT2D eigenvalue weighted by Gasteiger charge is -2.23. The highest BCUT2D eigenvalue weighted by atomic mass is 16.4. The van der Waals surface area contributed by atoms with Gasteiger partial charge >= 0.3 is 5.97 Å². The third kappa shape index (κ3) is 4.71. The van der Waals surface area contributed by atoms with Crippen LogP contribution in [-0.2, 0) is 4.79 Å². The van der Waals surface area contributed by atoms with Gasteiger partial charge in [-0.2, -0.15) is 0 Å². The Balaban J connectivity index is 2.78. The van der Waals surface area contributed by atoms with E-state index in [0.717, 1.165) is 18.7 Å². The van der Waals surface area contributed by atoms with Crippen molar-refractivity contribution in [3.63, 3.8) is 0 Å². The predicted molar refractivity (Wildman–Crippen MR) is 74.6 cm³/mol. The Bertz CT molecular complexity index is 429. The second kappa shape index (κ2) is 7.53. The molecule has 0 saturated carbocycles. The zero-order valence-electron chi connectivity index (χ0n) is 11.1. The maximum atomic E-state index is 11.4. The summed E-state index contributed by atoms with van der Waals surface area (Å²) in [6, 6.07) is 7.13. The Hall–Kier alpha value is -1.88. The molecule has 5 heteroatoms. The van der Waals surface area contributed by atoms with E-state index in [2.05, 4.69) is 0 Å². The molecule has 0 saturated heterocycles. The van der Waals surface area contributed by atoms with E-state index in [9.17, 15) is 9.59 Å². The second-order valence-corrected chi connectivity index (χ2v) is 4.30. The number of benzene rings is 1. The van der Waals surface area contributed by atoms with E-state index in [1.54, 1.807) is 12.1 Å². The summed E-state index contributed by atoms with van der Waals surface area (Å²) < 4.78 is 0. The first-order valence-corrected chi connectivity index (χ1v) is 6.38. The van der Waals surface area contributed by atoms with E-state index in [1.165, 1.54) is 0 Å². The number of carbonyl (C=O) groups excluding carboxylic acids is 1. The molecule has 3 N–H and O–H groups in total. The van der Waals surface area contributed by atoms with Crippen LogP contribution in [0.4, 0.5) is 5.69 Å². The number of Topliss-reactive ketones (excluding diaryl/α,β-unsaturated/α-hetero) is 1. The average Bonchev–Trinajstić information content (AvgIpc) is 2.42. The van der Waals surface area contributed by atoms with Crippen molar-refractivity contribution in [3.8, 4) is 0 Å². The van der Waals surface area contributed by atoms with Gasteiger partial charge in [0.05, 0.1) is 13.0 Å². The topological polar surface area (TPSA) is 83.6 Å². The molecule has 0 aliphatic carbocycles. The lowest BCUT2D eigenvalue weighted by atomic mass is 10.1. The Kier molecular flexibility index (Phi) is 6.02. The predicted octanol–water partition coefficient (Wildman–Crippen LogP) is 1.52. The second-order valence-electron chi connectivity index (χ2n) is 4.30. The largest absolute Gasteiger partial charge is 0.481 e. The molecular formula is C14H20N2O3. The molecule has 1 aromatic rings. The van der Waals surface area contributed by atoms with Crippen LogP contribution in [0, 0.1) is 0 Å². The Morgan fingerprint density at radius 3 is 2.32 bits per heavy atom. The number of carboxylic acid groups (broad SMARTS) is 1. The van der Waals surface area contributed by atoms with Crippen molar-refractivity contribution in [2.45, 2.75) is 19.8 Å². The molecule has 0 aliphatic rings. The maximum absolute atomic E-state index is 11.4. The number of nitrogens with two attached hydrogens (primary N) is 1. The fourth-order valence-corrected chi connectivity index (χ4v) is 1.85. The first kappa shape index (κ1) is 15.2. The van der Waals surface area contributed by atoms with Gasteiger partial charge in [-0.05, 0) is 30.7 Å². The Labute approximate surface area is 113 Å². The summed E-state index contributed by atoms with van der Waals surface area (Å²) in [6.07, 6.45) is 1.03. The average molecular weight is 264 g/mol. The number of nitrogens with zero attached hydrogens (tertiary/aromatic N) is 1. The van der Waals surface area contributed by atoms with Crippen LogP contribution in [-0.4, -0.2) is 36.5 Å². The molecule has 0 atom stereocenters. The highest BCUT2D eigenvalue weighted by Gasteiger charge is 2.09. The number of hydrogen-bond acceptors (Lipinski definition) is 4. The maximum Gasteiger partial charge on any atom is 0.305 e. The van der Waals surface area contributed by atoms with Crippen LogP contribution < -0.4 is 10.6 Å². The molecule has 0 unspecified atom stereocenters. The SMILES string of the molecule is CCCN(CCC(=O)O)c1ccc(C(=O)CN)cc1. The quantitative estimate of drug-likeness (QED) is 0.695. The molecule has 5 nitrogen and oxygen atoms in total. The minimum atomic E-state index is -0.809. The van der Waals surface area contributed by atoms with Crippen LogP contribution in [0.5, 0.6) is 0 Å². The van der Waals surface area contributed by atoms with Crippen LogP contribution in [0.2, 0.25) is 0 Å². The van der Waals surface area contributed by atoms with Gasteiger partial charge in [0.15, 0.2) is 5.78 Å². The molecule has 1 aromatic carbocycles. The third-order valence-electron chi connectivity index (χ3n) is 2.83. The van der Waals surface area contributed by atoms with Crippen molar-refractivity contribution >= 4 is 17.4 Å². The van der Waals surface area contributed by atoms with Gasteiger partial charge in [-0.3, -0.25) is 9.59 Å². The molecule has 0 amide bonds. The summed E-state index contributed by atoms with van der Waals surface area (Å²) >= 11 is 0. The van der Waals surface area contributed by atoms with E-state index in [0.29, 0.717) is 12.1 Å². The van der Waals surface area contributed by atoms with Gasteiger partial charge in [-0.25, -0.2) is 0 Å². The van der Waals surface area contributed by atoms with Gasteiger partial charge in [0, 0.05) is 24.3 Å². The molecule has 0 heterocycles. The fourth-order valence-electron chi connectivity index (χ4n) is 1.85. The molecule has 19 heavy (non-hydrogen) atoms. The number of hydrogen-bond donors (Lipinski definition) is 2. The molecule has 0 radical (unpaired) electrons. The summed E-state index contributed by atoms with van der Waals surface area (Å²) in [6.45, 7) is 3.29. The fraction of sp³-hybridized carbons (Fsp3) is 0.429. The number of ketones is 1. The van der Waals surface area contributed by atoms with Gasteiger partial charge in [0.2, 0.25) is 0 Å². The first-order chi connectivity index (χ1) is 9.08. The van der Waals surface area contributed by atoms with Gasteiger partial charge < -0.3 is 15.7 Å². The molecule has 0 fully saturated rings. The molecular weight excluding hydrogens is 244 g/mol. The first-order valence-electron chi connectivity index (χ1n) is 6.38. The number of aliphatic carboxylic acids is 1. The summed E-state index contributed by atoms with van der Waals surface area (Å²) in [7, 11) is 0. The molecule has 104 valence electrons. The number of carbonyl (C=O) groups is 2. The highest BCUT2D eigenvalue weighted by molar-refractivity contribution is 5.97. The van der Waals surface area contributed by atoms with Crippen LogP contribution >= 0.6 is 0 Å². The molecule has 0 aromatic heterocycles. The van der Waals surface area contributed by atoms with Crippen molar-refractivity contribution in [1.29, 1.82) is 0 Å². The summed E-state index contributed by atoms with van der Waals surface area (Å²) in [5.41, 5.74) is 6.82. The monoisotopic (exact) mass is 264 g/mol. The van der Waals surface area contributed by atoms with Gasteiger partial charge in [-0.1, -0.05) is 6.92 Å². The van der Waals surface area contributed by atoms with Crippen molar-refractivity contribution in [2.24, 2.45) is 5.73 Å². The van der Waals surface area contributed by atoms with Crippen LogP contribution in [0.15, 0.2) is 24.3 Å². The highest BCUT2D eigenvalue weighted by Crippen LogP contribution is 2.16. The Morgan fingerprint density at radius 2 is 1.84 bits per heavy atom. The Morgan fingerprint density at radius 1 is 1.21 bits per heavy atom. The number of anilines is 1. The smallest absolute Gasteiger partial charge is 0.305 e. The standard InChI is InChI=1S/C14H20N2O3/c1-2-8-16(9-7-14(18)19)12-5-3-11(4-6-12)13(17)10-15/h3-6H,2,7-10,15H2,1H3,(H,18,19). The minimum absolute atomic E-state index is 0.00294. The zero-order chi connectivity index (χ0) is 14.3. The van der Waals surface area contributed by atoms with Crippen LogP contribution in [0.1, 0.15) is 30.1 Å². The zero-order valence-corrected chi connectivity index (χ0v) is 11.1. The summed E-state index contributed by atoms with van der Waals surface area (Å²) in [5, 5.41) is 8.74. The van der Waals surface area contributed by atoms with Crippen molar-refractivity contribution in [3.05, 3.63) is 29.8 Å². The van der Waals surface area contributed by atoms with Crippen molar-refractivity contribution < 1.29 is 14.7 Å². The third-order valence-corrected chi connectivity index (χ3v) is 2.83. The molecule has 0 bridgehead atoms. The van der Waals surface area contributed by atoms with Crippen molar-refractivity contribution in [1.82, 2.24) is 0 Å². The van der Waals surface area contributed by atoms with E-state index >= 15 is 0 Å². The number of carboxylic acids is 1. The van der Waals surface area contributed by atoms with E-state index in [1.807, 2.05) is 24.0 Å². The lowest BCUT2D eigenvalue weighted by Crippen LogP contribution is -2.27.